The Kier molecular flexibility index (Phi) is 4.44. The Hall–Kier alpha value is -1.53. The number of nitrogens with zero attached hydrogens (tertiary/aromatic N) is 2. The van der Waals surface area contributed by atoms with E-state index in [4.69, 9.17) is 0 Å². The molecular weight excluding hydrogens is 234 g/mol. The van der Waals surface area contributed by atoms with Gasteiger partial charge in [0.15, 0.2) is 0 Å². The first-order valence-corrected chi connectivity index (χ1v) is 7.17. The number of para-hydroxylation sites is 1. The Bertz CT molecular complexity index is 463. The van der Waals surface area contributed by atoms with Crippen LogP contribution in [0, 0.1) is 11.3 Å². The first-order valence-electron chi connectivity index (χ1n) is 7.17. The smallest absolute Gasteiger partial charge is 0.105 e. The monoisotopic (exact) mass is 257 g/mol. The van der Waals surface area contributed by atoms with Crippen LogP contribution in [0.2, 0.25) is 0 Å². The summed E-state index contributed by atoms with van der Waals surface area (Å²) in [6.07, 6.45) is 3.05. The second-order valence-electron chi connectivity index (χ2n) is 5.49. The van der Waals surface area contributed by atoms with E-state index in [0.29, 0.717) is 0 Å². The maximum absolute atomic E-state index is 9.35. The van der Waals surface area contributed by atoms with Crippen LogP contribution in [-0.2, 0) is 6.42 Å². The van der Waals surface area contributed by atoms with Crippen molar-refractivity contribution >= 4 is 5.69 Å². The average Bonchev–Trinajstić information content (AvgIpc) is 2.86. The summed E-state index contributed by atoms with van der Waals surface area (Å²) in [4.78, 5) is 2.40. The summed E-state index contributed by atoms with van der Waals surface area (Å²) in [7, 11) is 0. The molecule has 3 nitrogen and oxygen atoms in total. The van der Waals surface area contributed by atoms with E-state index in [0.717, 1.165) is 38.9 Å². The fraction of sp³-hybridized carbons (Fsp3) is 0.562. The highest BCUT2D eigenvalue weighted by molar-refractivity contribution is 5.57. The third kappa shape index (κ3) is 3.27. The lowest BCUT2D eigenvalue weighted by molar-refractivity contribution is 0.419. The van der Waals surface area contributed by atoms with Crippen molar-refractivity contribution < 1.29 is 0 Å². The van der Waals surface area contributed by atoms with Gasteiger partial charge in [0.2, 0.25) is 0 Å². The molecule has 0 fully saturated rings. The van der Waals surface area contributed by atoms with Crippen LogP contribution in [0.25, 0.3) is 0 Å². The minimum atomic E-state index is -0.409. The molecule has 1 unspecified atom stereocenters. The van der Waals surface area contributed by atoms with Gasteiger partial charge >= 0.3 is 0 Å². The van der Waals surface area contributed by atoms with Gasteiger partial charge in [-0.05, 0) is 44.4 Å². The van der Waals surface area contributed by atoms with Crippen molar-refractivity contribution in [3.63, 3.8) is 0 Å². The van der Waals surface area contributed by atoms with Crippen molar-refractivity contribution in [3.05, 3.63) is 29.8 Å². The van der Waals surface area contributed by atoms with E-state index < -0.39 is 5.54 Å². The highest BCUT2D eigenvalue weighted by atomic mass is 15.1. The lowest BCUT2D eigenvalue weighted by atomic mass is 9.99. The number of nitriles is 1. The quantitative estimate of drug-likeness (QED) is 0.851. The zero-order valence-corrected chi connectivity index (χ0v) is 11.9. The van der Waals surface area contributed by atoms with Gasteiger partial charge in [0.05, 0.1) is 6.07 Å². The second kappa shape index (κ2) is 6.08. The summed E-state index contributed by atoms with van der Waals surface area (Å²) < 4.78 is 0. The summed E-state index contributed by atoms with van der Waals surface area (Å²) in [6.45, 7) is 7.05. The molecule has 1 aliphatic rings. The van der Waals surface area contributed by atoms with E-state index in [2.05, 4.69) is 47.5 Å². The van der Waals surface area contributed by atoms with Crippen molar-refractivity contribution in [1.29, 1.82) is 5.26 Å². The SMILES string of the molecule is CCCNC(C)(C#N)CCN1CCc2ccccc21. The molecule has 1 N–H and O–H groups in total. The number of benzene rings is 1. The topological polar surface area (TPSA) is 39.1 Å². The van der Waals surface area contributed by atoms with Gasteiger partial charge in [0.1, 0.15) is 5.54 Å². The maximum atomic E-state index is 9.35. The van der Waals surface area contributed by atoms with Gasteiger partial charge < -0.3 is 4.90 Å². The molecule has 19 heavy (non-hydrogen) atoms. The van der Waals surface area contributed by atoms with Crippen LogP contribution in [-0.4, -0.2) is 25.2 Å². The van der Waals surface area contributed by atoms with Crippen LogP contribution in [0.15, 0.2) is 24.3 Å². The Morgan fingerprint density at radius 1 is 1.42 bits per heavy atom. The molecule has 0 radical (unpaired) electrons. The van der Waals surface area contributed by atoms with Gasteiger partial charge in [0, 0.05) is 18.8 Å². The molecule has 0 bridgehead atoms. The van der Waals surface area contributed by atoms with Gasteiger partial charge in [0.25, 0.3) is 0 Å². The molecule has 1 heterocycles. The Balaban J connectivity index is 1.94. The van der Waals surface area contributed by atoms with E-state index in [1.807, 2.05) is 6.92 Å². The molecule has 0 amide bonds. The van der Waals surface area contributed by atoms with Crippen molar-refractivity contribution in [2.75, 3.05) is 24.5 Å². The molecule has 0 saturated heterocycles. The molecule has 1 aliphatic heterocycles. The zero-order chi connectivity index (χ0) is 13.7. The van der Waals surface area contributed by atoms with E-state index in [-0.39, 0.29) is 0 Å². The molecule has 3 heteroatoms. The molecule has 102 valence electrons. The molecule has 0 saturated carbocycles. The van der Waals surface area contributed by atoms with Crippen LogP contribution in [0.4, 0.5) is 5.69 Å². The average molecular weight is 257 g/mol. The molecule has 0 aliphatic carbocycles. The minimum absolute atomic E-state index is 0.409. The molecule has 0 aromatic heterocycles. The lowest BCUT2D eigenvalue weighted by Crippen LogP contribution is -2.44. The van der Waals surface area contributed by atoms with Crippen LogP contribution in [0.1, 0.15) is 32.3 Å². The van der Waals surface area contributed by atoms with Gasteiger partial charge in [-0.25, -0.2) is 0 Å². The Morgan fingerprint density at radius 3 is 2.95 bits per heavy atom. The number of rotatable bonds is 6. The van der Waals surface area contributed by atoms with Gasteiger partial charge in [-0.3, -0.25) is 5.32 Å². The third-order valence-electron chi connectivity index (χ3n) is 3.88. The van der Waals surface area contributed by atoms with E-state index in [1.54, 1.807) is 0 Å². The van der Waals surface area contributed by atoms with Gasteiger partial charge in [-0.15, -0.1) is 0 Å². The van der Waals surface area contributed by atoms with Crippen LogP contribution < -0.4 is 10.2 Å². The first-order chi connectivity index (χ1) is 9.18. The van der Waals surface area contributed by atoms with Gasteiger partial charge in [-0.2, -0.15) is 5.26 Å². The number of nitrogens with one attached hydrogen (secondary N) is 1. The highest BCUT2D eigenvalue weighted by Gasteiger charge is 2.25. The van der Waals surface area contributed by atoms with Crippen molar-refractivity contribution in [1.82, 2.24) is 5.32 Å². The molecule has 1 aromatic carbocycles. The molecular formula is C16H23N3. The predicted molar refractivity (Wildman–Crippen MR) is 79.3 cm³/mol. The fourth-order valence-electron chi connectivity index (χ4n) is 2.58. The van der Waals surface area contributed by atoms with E-state index >= 15 is 0 Å². The Morgan fingerprint density at radius 2 is 2.21 bits per heavy atom. The van der Waals surface area contributed by atoms with E-state index in [9.17, 15) is 5.26 Å². The largest absolute Gasteiger partial charge is 0.371 e. The van der Waals surface area contributed by atoms with Crippen molar-refractivity contribution in [3.8, 4) is 6.07 Å². The lowest BCUT2D eigenvalue weighted by Gasteiger charge is -2.27. The zero-order valence-electron chi connectivity index (χ0n) is 11.9. The summed E-state index contributed by atoms with van der Waals surface area (Å²) >= 11 is 0. The van der Waals surface area contributed by atoms with Crippen molar-refractivity contribution in [2.45, 2.75) is 38.6 Å². The van der Waals surface area contributed by atoms with E-state index in [1.165, 1.54) is 11.3 Å². The Labute approximate surface area is 116 Å². The molecule has 2 rings (SSSR count). The number of fused-ring (bicyclic) bond motifs is 1. The first kappa shape index (κ1) is 13.9. The van der Waals surface area contributed by atoms with Crippen LogP contribution in [0.5, 0.6) is 0 Å². The minimum Gasteiger partial charge on any atom is -0.371 e. The normalized spacial score (nSPS) is 16.8. The number of hydrogen-bond acceptors (Lipinski definition) is 3. The highest BCUT2D eigenvalue weighted by Crippen LogP contribution is 2.28. The number of anilines is 1. The summed E-state index contributed by atoms with van der Waals surface area (Å²) in [5.41, 5.74) is 2.37. The standard InChI is InChI=1S/C16H23N3/c1-3-10-18-16(2,13-17)9-12-19-11-8-14-6-4-5-7-15(14)19/h4-7,18H,3,8-12H2,1-2H3. The van der Waals surface area contributed by atoms with Crippen molar-refractivity contribution in [2.24, 2.45) is 0 Å². The summed E-state index contributed by atoms with van der Waals surface area (Å²) in [6, 6.07) is 11.0. The third-order valence-corrected chi connectivity index (χ3v) is 3.88. The summed E-state index contributed by atoms with van der Waals surface area (Å²) in [5, 5.41) is 12.7. The maximum Gasteiger partial charge on any atom is 0.105 e. The summed E-state index contributed by atoms with van der Waals surface area (Å²) in [5.74, 6) is 0. The molecule has 1 aromatic rings. The number of hydrogen-bond donors (Lipinski definition) is 1. The van der Waals surface area contributed by atoms with Gasteiger partial charge in [-0.1, -0.05) is 25.1 Å². The second-order valence-corrected chi connectivity index (χ2v) is 5.49. The van der Waals surface area contributed by atoms with Crippen LogP contribution in [0.3, 0.4) is 0 Å². The molecule has 0 spiro atoms. The fourth-order valence-corrected chi connectivity index (χ4v) is 2.58. The predicted octanol–water partition coefficient (Wildman–Crippen LogP) is 2.72. The van der Waals surface area contributed by atoms with Crippen LogP contribution >= 0.6 is 0 Å². The molecule has 1 atom stereocenters.